The molecule has 2 heterocycles. The van der Waals surface area contributed by atoms with Crippen LogP contribution in [0.3, 0.4) is 0 Å². The normalized spacial score (nSPS) is 10.7. The fourth-order valence-electron chi connectivity index (χ4n) is 1.87. The molecule has 6 heteroatoms. The molecule has 2 aromatic rings. The van der Waals surface area contributed by atoms with Crippen molar-refractivity contribution in [3.05, 3.63) is 41.2 Å². The van der Waals surface area contributed by atoms with Crippen molar-refractivity contribution in [3.63, 3.8) is 0 Å². The number of nitrogens with zero attached hydrogens (tertiary/aromatic N) is 3. The molecule has 2 rings (SSSR count). The van der Waals surface area contributed by atoms with Crippen molar-refractivity contribution in [3.8, 4) is 0 Å². The molecule has 0 bridgehead atoms. The average molecular weight is 285 g/mol. The van der Waals surface area contributed by atoms with E-state index >= 15 is 0 Å². The van der Waals surface area contributed by atoms with Gasteiger partial charge in [-0.3, -0.25) is 9.78 Å². The molecule has 0 unspecified atom stereocenters. The van der Waals surface area contributed by atoms with Crippen molar-refractivity contribution in [1.29, 1.82) is 0 Å². The van der Waals surface area contributed by atoms with Crippen LogP contribution in [0.4, 0.5) is 11.4 Å². The second kappa shape index (κ2) is 5.87. The van der Waals surface area contributed by atoms with Gasteiger partial charge in [0.1, 0.15) is 5.82 Å². The van der Waals surface area contributed by atoms with E-state index in [4.69, 9.17) is 5.73 Å². The molecule has 21 heavy (non-hydrogen) atoms. The Morgan fingerprint density at radius 3 is 2.57 bits per heavy atom. The number of nitrogens with one attached hydrogen (secondary N) is 1. The topological polar surface area (TPSA) is 93.8 Å². The number of rotatable bonds is 3. The first-order valence-corrected chi connectivity index (χ1v) is 6.76. The van der Waals surface area contributed by atoms with Gasteiger partial charge in [-0.15, -0.1) is 0 Å². The van der Waals surface area contributed by atoms with Gasteiger partial charge in [0.05, 0.1) is 23.3 Å². The molecule has 2 aromatic heterocycles. The predicted molar refractivity (Wildman–Crippen MR) is 82.2 cm³/mol. The first kappa shape index (κ1) is 14.9. The molecule has 0 aliphatic rings. The Hall–Kier alpha value is -2.50. The first-order valence-electron chi connectivity index (χ1n) is 6.76. The predicted octanol–water partition coefficient (Wildman–Crippen LogP) is 2.45. The average Bonchev–Trinajstić information content (AvgIpc) is 2.42. The van der Waals surface area contributed by atoms with Crippen LogP contribution >= 0.6 is 0 Å². The Kier molecular flexibility index (Phi) is 4.16. The number of amides is 1. The lowest BCUT2D eigenvalue weighted by Gasteiger charge is -2.11. The van der Waals surface area contributed by atoms with Crippen LogP contribution in [-0.2, 0) is 0 Å². The molecular weight excluding hydrogens is 266 g/mol. The molecule has 0 fully saturated rings. The lowest BCUT2D eigenvalue weighted by Crippen LogP contribution is -2.18. The van der Waals surface area contributed by atoms with Crippen LogP contribution in [0.25, 0.3) is 0 Å². The molecule has 3 N–H and O–H groups in total. The number of pyridine rings is 1. The van der Waals surface area contributed by atoms with Crippen molar-refractivity contribution >= 4 is 17.3 Å². The molecule has 0 aliphatic heterocycles. The maximum atomic E-state index is 12.3. The zero-order valence-electron chi connectivity index (χ0n) is 12.6. The third-order valence-electron chi connectivity index (χ3n) is 3.04. The van der Waals surface area contributed by atoms with Gasteiger partial charge in [-0.25, -0.2) is 9.97 Å². The number of carbonyl (C=O) groups excluding carboxylic acids is 1. The van der Waals surface area contributed by atoms with Crippen molar-refractivity contribution < 1.29 is 4.79 Å². The van der Waals surface area contributed by atoms with Crippen molar-refractivity contribution in [2.45, 2.75) is 33.6 Å². The number of nitrogen functional groups attached to an aromatic ring is 1. The second-order valence-electron chi connectivity index (χ2n) is 5.23. The largest absolute Gasteiger partial charge is 0.396 e. The Morgan fingerprint density at radius 2 is 1.95 bits per heavy atom. The summed E-state index contributed by atoms with van der Waals surface area (Å²) in [4.78, 5) is 25.0. The first-order chi connectivity index (χ1) is 9.88. The van der Waals surface area contributed by atoms with Crippen LogP contribution < -0.4 is 11.1 Å². The molecular formula is C15H19N5O. The van der Waals surface area contributed by atoms with E-state index < -0.39 is 0 Å². The summed E-state index contributed by atoms with van der Waals surface area (Å²) >= 11 is 0. The van der Waals surface area contributed by atoms with Gasteiger partial charge < -0.3 is 11.1 Å². The highest BCUT2D eigenvalue weighted by Gasteiger charge is 2.16. The lowest BCUT2D eigenvalue weighted by molar-refractivity contribution is 0.102. The Labute approximate surface area is 123 Å². The SMILES string of the molecule is Cc1ccc(NC(=O)c2nc(C(C)C)ncc2N)c(C)n1. The van der Waals surface area contributed by atoms with Crippen LogP contribution in [0, 0.1) is 13.8 Å². The van der Waals surface area contributed by atoms with Gasteiger partial charge in [-0.1, -0.05) is 13.8 Å². The number of carbonyl (C=O) groups is 1. The molecule has 0 saturated carbocycles. The minimum atomic E-state index is -0.356. The number of aryl methyl sites for hydroxylation is 2. The minimum Gasteiger partial charge on any atom is -0.396 e. The minimum absolute atomic E-state index is 0.125. The quantitative estimate of drug-likeness (QED) is 0.903. The maximum Gasteiger partial charge on any atom is 0.276 e. The summed E-state index contributed by atoms with van der Waals surface area (Å²) in [6.07, 6.45) is 1.47. The summed E-state index contributed by atoms with van der Waals surface area (Å²) in [5, 5.41) is 2.79. The Morgan fingerprint density at radius 1 is 1.24 bits per heavy atom. The summed E-state index contributed by atoms with van der Waals surface area (Å²) < 4.78 is 0. The van der Waals surface area contributed by atoms with Gasteiger partial charge in [0.2, 0.25) is 0 Å². The third kappa shape index (κ3) is 3.34. The number of anilines is 2. The molecule has 110 valence electrons. The third-order valence-corrected chi connectivity index (χ3v) is 3.04. The van der Waals surface area contributed by atoms with Crippen LogP contribution in [0.5, 0.6) is 0 Å². The van der Waals surface area contributed by atoms with Crippen LogP contribution in [0.1, 0.15) is 47.5 Å². The molecule has 0 aliphatic carbocycles. The van der Waals surface area contributed by atoms with E-state index in [-0.39, 0.29) is 23.2 Å². The summed E-state index contributed by atoms with van der Waals surface area (Å²) in [7, 11) is 0. The van der Waals surface area contributed by atoms with E-state index in [1.807, 2.05) is 39.8 Å². The maximum absolute atomic E-state index is 12.3. The van der Waals surface area contributed by atoms with Crippen LogP contribution in [0.2, 0.25) is 0 Å². The van der Waals surface area contributed by atoms with Gasteiger partial charge >= 0.3 is 0 Å². The van der Waals surface area contributed by atoms with Gasteiger partial charge in [0.25, 0.3) is 5.91 Å². The van der Waals surface area contributed by atoms with Crippen molar-refractivity contribution in [2.24, 2.45) is 0 Å². The highest BCUT2D eigenvalue weighted by Crippen LogP contribution is 2.17. The molecule has 0 aromatic carbocycles. The molecule has 6 nitrogen and oxygen atoms in total. The van der Waals surface area contributed by atoms with Gasteiger partial charge in [-0.2, -0.15) is 0 Å². The summed E-state index contributed by atoms with van der Waals surface area (Å²) in [6, 6.07) is 3.65. The van der Waals surface area contributed by atoms with E-state index in [0.717, 1.165) is 11.4 Å². The van der Waals surface area contributed by atoms with Crippen LogP contribution in [0.15, 0.2) is 18.3 Å². The van der Waals surface area contributed by atoms with Gasteiger partial charge in [-0.05, 0) is 26.0 Å². The van der Waals surface area contributed by atoms with E-state index in [1.165, 1.54) is 6.20 Å². The van der Waals surface area contributed by atoms with Gasteiger partial charge in [0, 0.05) is 11.6 Å². The van der Waals surface area contributed by atoms with Gasteiger partial charge in [0.15, 0.2) is 5.69 Å². The van der Waals surface area contributed by atoms with E-state index in [1.54, 1.807) is 0 Å². The van der Waals surface area contributed by atoms with E-state index in [2.05, 4.69) is 20.3 Å². The molecule has 0 radical (unpaired) electrons. The Bertz CT molecular complexity index is 682. The smallest absolute Gasteiger partial charge is 0.276 e. The monoisotopic (exact) mass is 285 g/mol. The lowest BCUT2D eigenvalue weighted by atomic mass is 10.2. The second-order valence-corrected chi connectivity index (χ2v) is 5.23. The zero-order valence-corrected chi connectivity index (χ0v) is 12.6. The summed E-state index contributed by atoms with van der Waals surface area (Å²) in [6.45, 7) is 7.66. The number of aromatic nitrogens is 3. The van der Waals surface area contributed by atoms with Crippen molar-refractivity contribution in [2.75, 3.05) is 11.1 Å². The Balaban J connectivity index is 2.30. The number of hydrogen-bond acceptors (Lipinski definition) is 5. The fraction of sp³-hybridized carbons (Fsp3) is 0.333. The number of nitrogens with two attached hydrogens (primary N) is 1. The summed E-state index contributed by atoms with van der Waals surface area (Å²) in [5.41, 5.74) is 8.55. The van der Waals surface area contributed by atoms with E-state index in [0.29, 0.717) is 11.5 Å². The molecule has 0 spiro atoms. The standard InChI is InChI=1S/C15H19N5O/c1-8(2)14-17-7-11(16)13(20-14)15(21)19-12-6-5-9(3)18-10(12)4/h5-8H,16H2,1-4H3,(H,19,21). The highest BCUT2D eigenvalue weighted by atomic mass is 16.1. The fourth-order valence-corrected chi connectivity index (χ4v) is 1.87. The number of hydrogen-bond donors (Lipinski definition) is 2. The molecule has 0 saturated heterocycles. The summed E-state index contributed by atoms with van der Waals surface area (Å²) in [5.74, 6) is 0.360. The zero-order chi connectivity index (χ0) is 15.6. The molecule has 0 atom stereocenters. The van der Waals surface area contributed by atoms with Crippen LogP contribution in [-0.4, -0.2) is 20.9 Å². The highest BCUT2D eigenvalue weighted by molar-refractivity contribution is 6.06. The van der Waals surface area contributed by atoms with Crippen molar-refractivity contribution in [1.82, 2.24) is 15.0 Å². The van der Waals surface area contributed by atoms with E-state index in [9.17, 15) is 4.79 Å². The molecule has 1 amide bonds.